The van der Waals surface area contributed by atoms with Gasteiger partial charge in [-0.25, -0.2) is 0 Å². The van der Waals surface area contributed by atoms with E-state index in [4.69, 9.17) is 33.7 Å². The van der Waals surface area contributed by atoms with Gasteiger partial charge in [-0.1, -0.05) is 23.2 Å². The van der Waals surface area contributed by atoms with Crippen LogP contribution in [0.3, 0.4) is 0 Å². The fraction of sp³-hybridized carbons (Fsp3) is 0.0714. The number of halogens is 2. The van der Waals surface area contributed by atoms with Gasteiger partial charge in [0, 0.05) is 10.7 Å². The van der Waals surface area contributed by atoms with Gasteiger partial charge in [0.05, 0.1) is 23.4 Å². The highest BCUT2D eigenvalue weighted by Gasteiger charge is 2.13. The van der Waals surface area contributed by atoms with Gasteiger partial charge in [-0.05, 0) is 36.4 Å². The van der Waals surface area contributed by atoms with E-state index in [1.165, 1.54) is 7.11 Å². The number of anilines is 2. The number of amides is 1. The van der Waals surface area contributed by atoms with Gasteiger partial charge in [-0.2, -0.15) is 0 Å². The van der Waals surface area contributed by atoms with Crippen LogP contribution in [0.2, 0.25) is 10.0 Å². The van der Waals surface area contributed by atoms with E-state index in [0.29, 0.717) is 32.7 Å². The molecule has 2 aromatic carbocycles. The van der Waals surface area contributed by atoms with Crippen molar-refractivity contribution in [3.8, 4) is 5.75 Å². The van der Waals surface area contributed by atoms with Gasteiger partial charge < -0.3 is 15.8 Å². The SMILES string of the molecule is COc1ccc(N)c(C(=O)Nc2cc(Cl)ccc2Cl)c1. The van der Waals surface area contributed by atoms with Crippen LogP contribution in [0, 0.1) is 0 Å². The highest BCUT2D eigenvalue weighted by atomic mass is 35.5. The van der Waals surface area contributed by atoms with E-state index >= 15 is 0 Å². The lowest BCUT2D eigenvalue weighted by molar-refractivity contribution is 0.102. The fourth-order valence-electron chi connectivity index (χ4n) is 1.64. The van der Waals surface area contributed by atoms with Crippen LogP contribution >= 0.6 is 23.2 Å². The van der Waals surface area contributed by atoms with E-state index in [2.05, 4.69) is 5.32 Å². The molecule has 0 saturated heterocycles. The minimum absolute atomic E-state index is 0.306. The first kappa shape index (κ1) is 14.5. The molecule has 2 rings (SSSR count). The van der Waals surface area contributed by atoms with Crippen molar-refractivity contribution < 1.29 is 9.53 Å². The summed E-state index contributed by atoms with van der Waals surface area (Å²) >= 11 is 11.9. The minimum Gasteiger partial charge on any atom is -0.497 e. The number of nitrogens with one attached hydrogen (secondary N) is 1. The molecule has 2 aromatic rings. The third kappa shape index (κ3) is 3.15. The summed E-state index contributed by atoms with van der Waals surface area (Å²) in [5.74, 6) is 0.159. The number of ether oxygens (including phenoxy) is 1. The summed E-state index contributed by atoms with van der Waals surface area (Å²) < 4.78 is 5.07. The van der Waals surface area contributed by atoms with Crippen molar-refractivity contribution in [2.75, 3.05) is 18.2 Å². The topological polar surface area (TPSA) is 64.3 Å². The maximum Gasteiger partial charge on any atom is 0.257 e. The Hall–Kier alpha value is -1.91. The number of nitrogen functional groups attached to an aromatic ring is 1. The smallest absolute Gasteiger partial charge is 0.257 e. The fourth-order valence-corrected chi connectivity index (χ4v) is 1.98. The highest BCUT2D eigenvalue weighted by Crippen LogP contribution is 2.27. The van der Waals surface area contributed by atoms with Crippen LogP contribution < -0.4 is 15.8 Å². The summed E-state index contributed by atoms with van der Waals surface area (Å²) in [6, 6.07) is 9.65. The summed E-state index contributed by atoms with van der Waals surface area (Å²) in [5, 5.41) is 3.54. The van der Waals surface area contributed by atoms with Crippen LogP contribution in [0.5, 0.6) is 5.75 Å². The standard InChI is InChI=1S/C14H12Cl2N2O2/c1-20-9-3-5-12(17)10(7-9)14(19)18-13-6-8(15)2-4-11(13)16/h2-7H,17H2,1H3,(H,18,19). The van der Waals surface area contributed by atoms with Crippen LogP contribution in [0.4, 0.5) is 11.4 Å². The molecule has 0 aliphatic rings. The molecular formula is C14H12Cl2N2O2. The number of nitrogens with two attached hydrogens (primary N) is 1. The molecule has 0 fully saturated rings. The monoisotopic (exact) mass is 310 g/mol. The van der Waals surface area contributed by atoms with Crippen LogP contribution in [-0.2, 0) is 0 Å². The Morgan fingerprint density at radius 2 is 1.95 bits per heavy atom. The molecule has 3 N–H and O–H groups in total. The molecule has 0 unspecified atom stereocenters. The molecule has 0 aliphatic heterocycles. The first-order valence-corrected chi connectivity index (χ1v) is 6.47. The largest absolute Gasteiger partial charge is 0.497 e. The van der Waals surface area contributed by atoms with Gasteiger partial charge in [-0.15, -0.1) is 0 Å². The predicted molar refractivity (Wildman–Crippen MR) is 81.8 cm³/mol. The second-order valence-corrected chi connectivity index (χ2v) is 4.88. The van der Waals surface area contributed by atoms with Gasteiger partial charge >= 0.3 is 0 Å². The Kier molecular flexibility index (Phi) is 4.37. The van der Waals surface area contributed by atoms with Crippen molar-refractivity contribution in [3.05, 3.63) is 52.0 Å². The molecule has 0 radical (unpaired) electrons. The molecule has 0 bridgehead atoms. The molecule has 0 spiro atoms. The van der Waals surface area contributed by atoms with Crippen molar-refractivity contribution in [1.29, 1.82) is 0 Å². The Labute approximate surface area is 126 Å². The summed E-state index contributed by atoms with van der Waals surface area (Å²) in [5.41, 5.74) is 6.87. The molecule has 1 amide bonds. The van der Waals surface area contributed by atoms with E-state index in [0.717, 1.165) is 0 Å². The zero-order valence-corrected chi connectivity index (χ0v) is 12.1. The van der Waals surface area contributed by atoms with Gasteiger partial charge in [0.2, 0.25) is 0 Å². The van der Waals surface area contributed by atoms with Crippen molar-refractivity contribution in [2.45, 2.75) is 0 Å². The number of hydrogen-bond acceptors (Lipinski definition) is 3. The van der Waals surface area contributed by atoms with Crippen molar-refractivity contribution in [2.24, 2.45) is 0 Å². The average molecular weight is 311 g/mol. The third-order valence-corrected chi connectivity index (χ3v) is 3.25. The Balaban J connectivity index is 2.30. The van der Waals surface area contributed by atoms with E-state index in [1.807, 2.05) is 0 Å². The molecule has 0 aromatic heterocycles. The second-order valence-electron chi connectivity index (χ2n) is 4.03. The zero-order valence-electron chi connectivity index (χ0n) is 10.6. The number of benzene rings is 2. The highest BCUT2D eigenvalue weighted by molar-refractivity contribution is 6.36. The van der Waals surface area contributed by atoms with Crippen LogP contribution in [0.15, 0.2) is 36.4 Å². The molecule has 20 heavy (non-hydrogen) atoms. The number of methoxy groups -OCH3 is 1. The number of rotatable bonds is 3. The molecule has 104 valence electrons. The number of hydrogen-bond donors (Lipinski definition) is 2. The van der Waals surface area contributed by atoms with Crippen LogP contribution in [0.25, 0.3) is 0 Å². The summed E-state index contributed by atoms with van der Waals surface area (Å²) in [7, 11) is 1.51. The van der Waals surface area contributed by atoms with Crippen LogP contribution in [-0.4, -0.2) is 13.0 Å². The summed E-state index contributed by atoms with van der Waals surface area (Å²) in [4.78, 5) is 12.2. The minimum atomic E-state index is -0.384. The maximum absolute atomic E-state index is 12.2. The Morgan fingerprint density at radius 1 is 1.20 bits per heavy atom. The van der Waals surface area contributed by atoms with Gasteiger partial charge in [0.25, 0.3) is 5.91 Å². The number of carbonyl (C=O) groups excluding carboxylic acids is 1. The molecule has 4 nitrogen and oxygen atoms in total. The Bertz CT molecular complexity index is 660. The van der Waals surface area contributed by atoms with Crippen molar-refractivity contribution in [1.82, 2.24) is 0 Å². The lowest BCUT2D eigenvalue weighted by Gasteiger charge is -2.10. The van der Waals surface area contributed by atoms with Crippen molar-refractivity contribution in [3.63, 3.8) is 0 Å². The first-order valence-electron chi connectivity index (χ1n) is 5.71. The van der Waals surface area contributed by atoms with Gasteiger partial charge in [0.1, 0.15) is 5.75 Å². The quantitative estimate of drug-likeness (QED) is 0.847. The Morgan fingerprint density at radius 3 is 2.65 bits per heavy atom. The molecule has 0 heterocycles. The summed E-state index contributed by atoms with van der Waals surface area (Å²) in [6.07, 6.45) is 0. The zero-order chi connectivity index (χ0) is 14.7. The van der Waals surface area contributed by atoms with E-state index < -0.39 is 0 Å². The van der Waals surface area contributed by atoms with E-state index in [9.17, 15) is 4.79 Å². The average Bonchev–Trinajstić information content (AvgIpc) is 2.43. The lowest BCUT2D eigenvalue weighted by Crippen LogP contribution is -2.14. The molecule has 0 atom stereocenters. The van der Waals surface area contributed by atoms with Gasteiger partial charge in [0.15, 0.2) is 0 Å². The molecule has 0 aliphatic carbocycles. The molecule has 6 heteroatoms. The van der Waals surface area contributed by atoms with Gasteiger partial charge in [-0.3, -0.25) is 4.79 Å². The van der Waals surface area contributed by atoms with Crippen molar-refractivity contribution >= 4 is 40.5 Å². The lowest BCUT2D eigenvalue weighted by atomic mass is 10.1. The molecule has 0 saturated carbocycles. The molecular weight excluding hydrogens is 299 g/mol. The third-order valence-electron chi connectivity index (χ3n) is 2.68. The summed E-state index contributed by atoms with van der Waals surface area (Å²) in [6.45, 7) is 0. The van der Waals surface area contributed by atoms with Crippen LogP contribution in [0.1, 0.15) is 10.4 Å². The van der Waals surface area contributed by atoms with E-state index in [1.54, 1.807) is 36.4 Å². The maximum atomic E-state index is 12.2. The van der Waals surface area contributed by atoms with E-state index in [-0.39, 0.29) is 5.91 Å². The second kappa shape index (κ2) is 6.03. The predicted octanol–water partition coefficient (Wildman–Crippen LogP) is 3.84. The normalized spacial score (nSPS) is 10.2. The number of carbonyl (C=O) groups is 1. The first-order chi connectivity index (χ1) is 9.51.